The summed E-state index contributed by atoms with van der Waals surface area (Å²) in [5, 5.41) is 0. The Morgan fingerprint density at radius 2 is 2.00 bits per heavy atom. The lowest BCUT2D eigenvalue weighted by atomic mass is 10.00. The van der Waals surface area contributed by atoms with Crippen LogP contribution >= 0.6 is 0 Å². The molecule has 1 fully saturated rings. The van der Waals surface area contributed by atoms with Gasteiger partial charge in [0.25, 0.3) is 0 Å². The van der Waals surface area contributed by atoms with E-state index in [4.69, 9.17) is 0 Å². The minimum absolute atomic E-state index is 0.0359. The quantitative estimate of drug-likeness (QED) is 0.830. The van der Waals surface area contributed by atoms with E-state index in [1.807, 2.05) is 6.07 Å². The lowest BCUT2D eigenvalue weighted by Crippen LogP contribution is -2.39. The number of benzene rings is 1. The van der Waals surface area contributed by atoms with Crippen molar-refractivity contribution in [1.82, 2.24) is 9.21 Å². The summed E-state index contributed by atoms with van der Waals surface area (Å²) in [6.07, 6.45) is 2.79. The molecule has 0 bridgehead atoms. The first kappa shape index (κ1) is 16.5. The van der Waals surface area contributed by atoms with Crippen LogP contribution in [0.2, 0.25) is 0 Å². The normalized spacial score (nSPS) is 22.7. The molecule has 23 heavy (non-hydrogen) atoms. The fourth-order valence-corrected chi connectivity index (χ4v) is 5.13. The van der Waals surface area contributed by atoms with Crippen LogP contribution in [0, 0.1) is 5.92 Å². The Labute approximate surface area is 138 Å². The molecule has 1 aromatic rings. The largest absolute Gasteiger partial charge is 0.338 e. The molecule has 0 spiro atoms. The summed E-state index contributed by atoms with van der Waals surface area (Å²) < 4.78 is 27.4. The van der Waals surface area contributed by atoms with Gasteiger partial charge >= 0.3 is 0 Å². The third-order valence-electron chi connectivity index (χ3n) is 4.89. The van der Waals surface area contributed by atoms with Crippen LogP contribution in [0.1, 0.15) is 37.8 Å². The molecule has 1 saturated heterocycles. The number of fused-ring (bicyclic) bond motifs is 1. The van der Waals surface area contributed by atoms with Crippen molar-refractivity contribution in [2.75, 3.05) is 19.6 Å². The van der Waals surface area contributed by atoms with Crippen molar-refractivity contribution in [2.45, 2.75) is 44.6 Å². The zero-order valence-corrected chi connectivity index (χ0v) is 14.6. The van der Waals surface area contributed by atoms with E-state index in [2.05, 4.69) is 6.92 Å². The Bertz CT molecular complexity index is 715. The topological polar surface area (TPSA) is 57.7 Å². The summed E-state index contributed by atoms with van der Waals surface area (Å²) >= 11 is 0. The molecule has 1 aromatic carbocycles. The number of sulfonamides is 1. The van der Waals surface area contributed by atoms with E-state index in [-0.39, 0.29) is 5.91 Å². The number of hydrogen-bond acceptors (Lipinski definition) is 3. The van der Waals surface area contributed by atoms with Crippen LogP contribution in [0.15, 0.2) is 23.1 Å². The van der Waals surface area contributed by atoms with Crippen LogP contribution in [0.25, 0.3) is 0 Å². The number of carbonyl (C=O) groups excluding carboxylic acids is 1. The molecule has 2 heterocycles. The molecule has 2 aliphatic heterocycles. The van der Waals surface area contributed by atoms with Gasteiger partial charge in [0, 0.05) is 33.1 Å². The average Bonchev–Trinajstić information content (AvgIpc) is 2.53. The third kappa shape index (κ3) is 3.28. The molecule has 0 saturated carbocycles. The predicted octanol–water partition coefficient (Wildman–Crippen LogP) is 2.01. The highest BCUT2D eigenvalue weighted by Crippen LogP contribution is 2.27. The van der Waals surface area contributed by atoms with Crippen LogP contribution in [0.4, 0.5) is 0 Å². The first-order valence-electron chi connectivity index (χ1n) is 8.25. The standard InChI is InChI=1S/C17H24N2O3S/c1-13-4-3-8-19(11-13)23(21,22)17-6-5-15-7-9-18(14(2)20)12-16(15)10-17/h5-6,10,13H,3-4,7-9,11-12H2,1-2H3. The maximum atomic E-state index is 12.9. The Morgan fingerprint density at radius 1 is 1.22 bits per heavy atom. The van der Waals surface area contributed by atoms with E-state index in [1.54, 1.807) is 28.3 Å². The number of amides is 1. The first-order valence-corrected chi connectivity index (χ1v) is 9.69. The number of piperidine rings is 1. The number of hydrogen-bond donors (Lipinski definition) is 0. The van der Waals surface area contributed by atoms with Crippen LogP contribution < -0.4 is 0 Å². The smallest absolute Gasteiger partial charge is 0.243 e. The van der Waals surface area contributed by atoms with Gasteiger partial charge in [0.1, 0.15) is 0 Å². The van der Waals surface area contributed by atoms with Gasteiger partial charge in [-0.05, 0) is 48.4 Å². The van der Waals surface area contributed by atoms with Crippen molar-refractivity contribution in [3.63, 3.8) is 0 Å². The summed E-state index contributed by atoms with van der Waals surface area (Å²) in [7, 11) is -3.44. The molecule has 0 aromatic heterocycles. The fourth-order valence-electron chi connectivity index (χ4n) is 3.48. The van der Waals surface area contributed by atoms with Crippen molar-refractivity contribution in [3.8, 4) is 0 Å². The second-order valence-corrected chi connectivity index (χ2v) is 8.67. The van der Waals surface area contributed by atoms with Gasteiger partial charge in [-0.2, -0.15) is 4.31 Å². The van der Waals surface area contributed by atoms with Gasteiger partial charge in [-0.25, -0.2) is 8.42 Å². The van der Waals surface area contributed by atoms with Crippen molar-refractivity contribution in [3.05, 3.63) is 29.3 Å². The zero-order chi connectivity index (χ0) is 16.6. The highest BCUT2D eigenvalue weighted by Gasteiger charge is 2.29. The molecule has 3 rings (SSSR count). The van der Waals surface area contributed by atoms with E-state index in [0.717, 1.165) is 30.4 Å². The average molecular weight is 336 g/mol. The maximum absolute atomic E-state index is 12.9. The van der Waals surface area contributed by atoms with Crippen molar-refractivity contribution in [1.29, 1.82) is 0 Å². The molecule has 0 radical (unpaired) electrons. The molecular formula is C17H24N2O3S. The van der Waals surface area contributed by atoms with Crippen LogP contribution in [-0.2, 0) is 27.8 Å². The summed E-state index contributed by atoms with van der Waals surface area (Å²) in [5.41, 5.74) is 2.10. The molecule has 6 heteroatoms. The molecule has 2 aliphatic rings. The van der Waals surface area contributed by atoms with Gasteiger partial charge in [-0.15, -0.1) is 0 Å². The second kappa shape index (κ2) is 6.24. The monoisotopic (exact) mass is 336 g/mol. The van der Waals surface area contributed by atoms with Crippen molar-refractivity contribution >= 4 is 15.9 Å². The highest BCUT2D eigenvalue weighted by molar-refractivity contribution is 7.89. The minimum atomic E-state index is -3.44. The van der Waals surface area contributed by atoms with E-state index in [9.17, 15) is 13.2 Å². The number of rotatable bonds is 2. The van der Waals surface area contributed by atoms with Crippen molar-refractivity contribution < 1.29 is 13.2 Å². The van der Waals surface area contributed by atoms with E-state index < -0.39 is 10.0 Å². The molecule has 5 nitrogen and oxygen atoms in total. The summed E-state index contributed by atoms with van der Waals surface area (Å²) in [5.74, 6) is 0.443. The number of carbonyl (C=O) groups is 1. The molecule has 0 aliphatic carbocycles. The van der Waals surface area contributed by atoms with E-state index in [0.29, 0.717) is 37.0 Å². The Balaban J connectivity index is 1.89. The molecule has 0 N–H and O–H groups in total. The predicted molar refractivity (Wildman–Crippen MR) is 88.4 cm³/mol. The Hall–Kier alpha value is -1.40. The molecule has 126 valence electrons. The van der Waals surface area contributed by atoms with Gasteiger partial charge in [0.2, 0.25) is 15.9 Å². The third-order valence-corrected chi connectivity index (χ3v) is 6.75. The second-order valence-electron chi connectivity index (χ2n) is 6.73. The number of nitrogens with zero attached hydrogens (tertiary/aromatic N) is 2. The lowest BCUT2D eigenvalue weighted by molar-refractivity contribution is -0.129. The van der Waals surface area contributed by atoms with Crippen LogP contribution in [0.5, 0.6) is 0 Å². The lowest BCUT2D eigenvalue weighted by Gasteiger charge is -2.31. The van der Waals surface area contributed by atoms with Gasteiger partial charge in [-0.3, -0.25) is 4.79 Å². The summed E-state index contributed by atoms with van der Waals surface area (Å²) in [6.45, 7) is 6.06. The Morgan fingerprint density at radius 3 is 2.70 bits per heavy atom. The van der Waals surface area contributed by atoms with Gasteiger partial charge < -0.3 is 4.90 Å². The van der Waals surface area contributed by atoms with E-state index in [1.165, 1.54) is 0 Å². The highest BCUT2D eigenvalue weighted by atomic mass is 32.2. The van der Waals surface area contributed by atoms with Gasteiger partial charge in [0.15, 0.2) is 0 Å². The maximum Gasteiger partial charge on any atom is 0.243 e. The summed E-state index contributed by atoms with van der Waals surface area (Å²) in [6, 6.07) is 5.39. The fraction of sp³-hybridized carbons (Fsp3) is 0.588. The summed E-state index contributed by atoms with van der Waals surface area (Å²) in [4.78, 5) is 13.7. The van der Waals surface area contributed by atoms with Gasteiger partial charge in [-0.1, -0.05) is 13.0 Å². The van der Waals surface area contributed by atoms with Gasteiger partial charge in [0.05, 0.1) is 4.90 Å². The molecule has 1 amide bonds. The first-order chi connectivity index (χ1) is 10.9. The molecule has 1 atom stereocenters. The Kier molecular flexibility index (Phi) is 4.47. The minimum Gasteiger partial charge on any atom is -0.338 e. The van der Waals surface area contributed by atoms with E-state index >= 15 is 0 Å². The van der Waals surface area contributed by atoms with Crippen LogP contribution in [-0.4, -0.2) is 43.2 Å². The zero-order valence-electron chi connectivity index (χ0n) is 13.8. The SMILES string of the molecule is CC(=O)N1CCc2ccc(S(=O)(=O)N3CCCC(C)C3)cc2C1. The van der Waals surface area contributed by atoms with Crippen molar-refractivity contribution in [2.24, 2.45) is 5.92 Å². The molecule has 1 unspecified atom stereocenters. The van der Waals surface area contributed by atoms with Crippen LogP contribution in [0.3, 0.4) is 0 Å². The molecular weight excluding hydrogens is 312 g/mol.